The molecule has 11 heteroatoms. The zero-order valence-electron chi connectivity index (χ0n) is 14.9. The third-order valence-electron chi connectivity index (χ3n) is 3.12. The summed E-state index contributed by atoms with van der Waals surface area (Å²) in [5, 5.41) is 0. The third kappa shape index (κ3) is 5.69. The summed E-state index contributed by atoms with van der Waals surface area (Å²) in [4.78, 5) is 57.7. The summed E-state index contributed by atoms with van der Waals surface area (Å²) in [5.41, 5.74) is 0. The van der Waals surface area contributed by atoms with Gasteiger partial charge in [0.05, 0.1) is 7.11 Å². The van der Waals surface area contributed by atoms with Crippen molar-refractivity contribution in [2.45, 2.75) is 58.4 Å². The van der Waals surface area contributed by atoms with Gasteiger partial charge in [0.25, 0.3) is 0 Å². The van der Waals surface area contributed by atoms with E-state index in [-0.39, 0.29) is 0 Å². The minimum absolute atomic E-state index is 0.814. The molecule has 1 aliphatic rings. The topological polar surface area (TPSA) is 141 Å². The molecular formula is C15H20O11. The van der Waals surface area contributed by atoms with E-state index < -0.39 is 60.6 Å². The highest BCUT2D eigenvalue weighted by Gasteiger charge is 2.56. The number of esters is 5. The van der Waals surface area contributed by atoms with Crippen LogP contribution in [0, 0.1) is 0 Å². The number of rotatable bonds is 5. The van der Waals surface area contributed by atoms with Crippen LogP contribution in [0.4, 0.5) is 0 Å². The smallest absolute Gasteiger partial charge is 0.339 e. The van der Waals surface area contributed by atoms with Gasteiger partial charge in [-0.3, -0.25) is 19.2 Å². The van der Waals surface area contributed by atoms with Crippen molar-refractivity contribution < 1.29 is 52.4 Å². The van der Waals surface area contributed by atoms with Gasteiger partial charge in [0, 0.05) is 27.7 Å². The average molecular weight is 376 g/mol. The second-order valence-electron chi connectivity index (χ2n) is 5.28. The molecule has 146 valence electrons. The van der Waals surface area contributed by atoms with Crippen molar-refractivity contribution in [2.75, 3.05) is 7.11 Å². The van der Waals surface area contributed by atoms with Crippen molar-refractivity contribution >= 4 is 29.8 Å². The second-order valence-corrected chi connectivity index (χ2v) is 5.28. The monoisotopic (exact) mass is 376 g/mol. The van der Waals surface area contributed by atoms with Gasteiger partial charge in [0.1, 0.15) is 0 Å². The summed E-state index contributed by atoms with van der Waals surface area (Å²) in [7, 11) is 1.05. The first-order valence-electron chi connectivity index (χ1n) is 7.49. The van der Waals surface area contributed by atoms with E-state index in [9.17, 15) is 24.0 Å². The van der Waals surface area contributed by atoms with Crippen molar-refractivity contribution in [2.24, 2.45) is 0 Å². The Morgan fingerprint density at radius 2 is 1.08 bits per heavy atom. The van der Waals surface area contributed by atoms with Crippen LogP contribution in [-0.2, 0) is 52.4 Å². The van der Waals surface area contributed by atoms with Crippen LogP contribution in [0.5, 0.6) is 0 Å². The molecule has 5 atom stereocenters. The van der Waals surface area contributed by atoms with Crippen LogP contribution in [0.25, 0.3) is 0 Å². The highest BCUT2D eigenvalue weighted by Crippen LogP contribution is 2.30. The maximum atomic E-state index is 12.0. The molecule has 0 bridgehead atoms. The molecule has 0 aromatic heterocycles. The van der Waals surface area contributed by atoms with Crippen LogP contribution in [0.15, 0.2) is 0 Å². The molecule has 0 aromatic rings. The molecule has 0 spiro atoms. The molecular weight excluding hydrogens is 356 g/mol. The van der Waals surface area contributed by atoms with Gasteiger partial charge < -0.3 is 28.4 Å². The largest absolute Gasteiger partial charge is 0.467 e. The second kappa shape index (κ2) is 9.13. The van der Waals surface area contributed by atoms with E-state index in [1.807, 2.05) is 0 Å². The lowest BCUT2D eigenvalue weighted by atomic mass is 9.97. The molecule has 11 nitrogen and oxygen atoms in total. The summed E-state index contributed by atoms with van der Waals surface area (Å²) >= 11 is 0. The van der Waals surface area contributed by atoms with Gasteiger partial charge >= 0.3 is 29.8 Å². The van der Waals surface area contributed by atoms with Gasteiger partial charge in [-0.25, -0.2) is 4.79 Å². The highest BCUT2D eigenvalue weighted by molar-refractivity contribution is 5.77. The van der Waals surface area contributed by atoms with Gasteiger partial charge in [-0.05, 0) is 0 Å². The Morgan fingerprint density at radius 1 is 0.654 bits per heavy atom. The lowest BCUT2D eigenvalue weighted by molar-refractivity contribution is -0.294. The fourth-order valence-electron chi connectivity index (χ4n) is 2.34. The third-order valence-corrected chi connectivity index (χ3v) is 3.12. The molecule has 1 saturated heterocycles. The van der Waals surface area contributed by atoms with Gasteiger partial charge in [0.15, 0.2) is 18.3 Å². The zero-order valence-corrected chi connectivity index (χ0v) is 14.9. The fraction of sp³-hybridized carbons (Fsp3) is 0.667. The standard InChI is InChI=1S/C15H20O11/c1-6(16)22-10-11(23-7(2)17)13(24-8(3)18)15(25-9(4)19)26-12(10)14(20)21-5/h10-13,15H,1-5H3/t10-,11-,12+,13+,15-/m0/s1. The van der Waals surface area contributed by atoms with E-state index >= 15 is 0 Å². The predicted octanol–water partition coefficient (Wildman–Crippen LogP) is -0.757. The normalized spacial score (nSPS) is 27.7. The SMILES string of the molecule is COC(=O)[C@@H]1O[C@H](OC(C)=O)[C@H](OC(C)=O)[C@@H](OC(C)=O)[C@@H]1OC(C)=O. The maximum Gasteiger partial charge on any atom is 0.339 e. The number of carbonyl (C=O) groups excluding carboxylic acids is 5. The molecule has 26 heavy (non-hydrogen) atoms. The van der Waals surface area contributed by atoms with Crippen molar-refractivity contribution in [3.63, 3.8) is 0 Å². The Kier molecular flexibility index (Phi) is 7.50. The molecule has 0 unspecified atom stereocenters. The van der Waals surface area contributed by atoms with Gasteiger partial charge in [-0.2, -0.15) is 0 Å². The molecule has 1 fully saturated rings. The predicted molar refractivity (Wildman–Crippen MR) is 79.1 cm³/mol. The van der Waals surface area contributed by atoms with Crippen LogP contribution in [0.3, 0.4) is 0 Å². The Bertz CT molecular complexity index is 584. The first kappa shape index (κ1) is 21.4. The number of carbonyl (C=O) groups is 5. The summed E-state index contributed by atoms with van der Waals surface area (Å²) in [6, 6.07) is 0. The summed E-state index contributed by atoms with van der Waals surface area (Å²) in [6.07, 6.45) is -7.66. The fourth-order valence-corrected chi connectivity index (χ4v) is 2.34. The van der Waals surface area contributed by atoms with E-state index in [1.54, 1.807) is 0 Å². The molecule has 1 aliphatic heterocycles. The van der Waals surface area contributed by atoms with Gasteiger partial charge in [0.2, 0.25) is 12.4 Å². The van der Waals surface area contributed by atoms with Crippen LogP contribution < -0.4 is 0 Å². The van der Waals surface area contributed by atoms with E-state index in [1.165, 1.54) is 0 Å². The molecule has 1 rings (SSSR count). The van der Waals surface area contributed by atoms with Crippen molar-refractivity contribution in [3.8, 4) is 0 Å². The van der Waals surface area contributed by atoms with E-state index in [0.717, 1.165) is 34.8 Å². The molecule has 0 N–H and O–H groups in total. The first-order valence-corrected chi connectivity index (χ1v) is 7.49. The average Bonchev–Trinajstić information content (AvgIpc) is 2.50. The number of hydrogen-bond donors (Lipinski definition) is 0. The molecule has 1 heterocycles. The van der Waals surface area contributed by atoms with E-state index in [0.29, 0.717) is 0 Å². The van der Waals surface area contributed by atoms with E-state index in [4.69, 9.17) is 23.7 Å². The van der Waals surface area contributed by atoms with Crippen molar-refractivity contribution in [1.82, 2.24) is 0 Å². The number of methoxy groups -OCH3 is 1. The van der Waals surface area contributed by atoms with Crippen molar-refractivity contribution in [1.29, 1.82) is 0 Å². The zero-order chi connectivity index (χ0) is 20.0. The molecule has 0 aliphatic carbocycles. The molecule has 0 aromatic carbocycles. The van der Waals surface area contributed by atoms with Gasteiger partial charge in [-0.1, -0.05) is 0 Å². The Hall–Kier alpha value is -2.69. The van der Waals surface area contributed by atoms with Crippen LogP contribution >= 0.6 is 0 Å². The summed E-state index contributed by atoms with van der Waals surface area (Å²) in [5.74, 6) is -4.25. The van der Waals surface area contributed by atoms with Crippen LogP contribution in [0.1, 0.15) is 27.7 Å². The number of hydrogen-bond acceptors (Lipinski definition) is 11. The highest BCUT2D eigenvalue weighted by atomic mass is 16.7. The van der Waals surface area contributed by atoms with Crippen molar-refractivity contribution in [3.05, 3.63) is 0 Å². The minimum Gasteiger partial charge on any atom is -0.467 e. The van der Waals surface area contributed by atoms with Crippen LogP contribution in [-0.4, -0.2) is 67.7 Å². The minimum atomic E-state index is -1.60. The quantitative estimate of drug-likeness (QED) is 0.441. The molecule has 0 amide bonds. The summed E-state index contributed by atoms with van der Waals surface area (Å²) in [6.45, 7) is 4.22. The summed E-state index contributed by atoms with van der Waals surface area (Å²) < 4.78 is 30.0. The Morgan fingerprint density at radius 3 is 1.50 bits per heavy atom. The molecule has 0 saturated carbocycles. The number of ether oxygens (including phenoxy) is 6. The molecule has 0 radical (unpaired) electrons. The van der Waals surface area contributed by atoms with E-state index in [2.05, 4.69) is 4.74 Å². The maximum absolute atomic E-state index is 12.0. The Labute approximate surface area is 148 Å². The van der Waals surface area contributed by atoms with Crippen LogP contribution in [0.2, 0.25) is 0 Å². The Balaban J connectivity index is 3.37. The lowest BCUT2D eigenvalue weighted by Gasteiger charge is -2.42. The lowest BCUT2D eigenvalue weighted by Crippen LogP contribution is -2.64. The van der Waals surface area contributed by atoms with Gasteiger partial charge in [-0.15, -0.1) is 0 Å². The first-order chi connectivity index (χ1) is 12.1.